The first-order valence-electron chi connectivity index (χ1n) is 10.0. The van der Waals surface area contributed by atoms with Crippen molar-refractivity contribution in [1.82, 2.24) is 15.3 Å². The lowest BCUT2D eigenvalue weighted by molar-refractivity contribution is -0.115. The van der Waals surface area contributed by atoms with Gasteiger partial charge in [-0.15, -0.1) is 0 Å². The number of aromatic nitrogens is 2. The molecule has 150 valence electrons. The minimum Gasteiger partial charge on any atom is -0.355 e. The number of carbonyl (C=O) groups excluding carboxylic acids is 1. The van der Waals surface area contributed by atoms with Crippen molar-refractivity contribution >= 4 is 57.1 Å². The quantitative estimate of drug-likeness (QED) is 0.475. The van der Waals surface area contributed by atoms with E-state index in [0.29, 0.717) is 9.23 Å². The lowest BCUT2D eigenvalue weighted by Crippen LogP contribution is -2.30. The number of thioether (sulfide) groups is 1. The topological polar surface area (TPSA) is 58.1 Å². The van der Waals surface area contributed by atoms with Crippen LogP contribution in [0.15, 0.2) is 53.4 Å². The van der Waals surface area contributed by atoms with Crippen LogP contribution in [-0.4, -0.2) is 33.3 Å². The Hall–Kier alpha value is -2.77. The first-order chi connectivity index (χ1) is 14.7. The Labute approximate surface area is 184 Å². The highest BCUT2D eigenvalue weighted by Gasteiger charge is 2.23. The van der Waals surface area contributed by atoms with E-state index in [-0.39, 0.29) is 5.91 Å². The second-order valence-corrected chi connectivity index (χ2v) is 9.13. The number of nitrogens with zero attached hydrogens (tertiary/aromatic N) is 3. The smallest absolute Gasteiger partial charge is 0.263 e. The zero-order valence-corrected chi connectivity index (χ0v) is 17.9. The Morgan fingerprint density at radius 3 is 2.50 bits per heavy atom. The van der Waals surface area contributed by atoms with Crippen molar-refractivity contribution < 1.29 is 4.79 Å². The summed E-state index contributed by atoms with van der Waals surface area (Å²) < 4.78 is 0.496. The van der Waals surface area contributed by atoms with Crippen molar-refractivity contribution in [2.45, 2.75) is 19.3 Å². The summed E-state index contributed by atoms with van der Waals surface area (Å²) >= 11 is 6.39. The van der Waals surface area contributed by atoms with Gasteiger partial charge in [-0.05, 0) is 49.1 Å². The lowest BCUT2D eigenvalue weighted by atomic mass is 10.1. The molecule has 2 aliphatic heterocycles. The first kappa shape index (κ1) is 19.2. The molecule has 0 saturated carbocycles. The van der Waals surface area contributed by atoms with Gasteiger partial charge in [0.25, 0.3) is 5.91 Å². The van der Waals surface area contributed by atoms with Crippen LogP contribution in [0, 0.1) is 0 Å². The molecule has 2 fully saturated rings. The average Bonchev–Trinajstić information content (AvgIpc) is 3.10. The number of benzene rings is 2. The molecule has 3 heterocycles. The fourth-order valence-electron chi connectivity index (χ4n) is 3.86. The van der Waals surface area contributed by atoms with Gasteiger partial charge in [-0.3, -0.25) is 4.79 Å². The Balaban J connectivity index is 1.61. The van der Waals surface area contributed by atoms with Gasteiger partial charge in [-0.25, -0.2) is 9.97 Å². The van der Waals surface area contributed by atoms with Crippen molar-refractivity contribution in [1.29, 1.82) is 0 Å². The number of fused-ring (bicyclic) bond motifs is 1. The molecule has 2 saturated heterocycles. The number of hydrogen-bond acceptors (Lipinski definition) is 6. The minimum absolute atomic E-state index is 0.144. The fourth-order valence-corrected chi connectivity index (χ4v) is 4.90. The molecule has 0 aliphatic carbocycles. The zero-order valence-electron chi connectivity index (χ0n) is 16.3. The second kappa shape index (κ2) is 8.16. The number of carbonyl (C=O) groups is 1. The average molecular weight is 433 g/mol. The van der Waals surface area contributed by atoms with Gasteiger partial charge < -0.3 is 10.2 Å². The monoisotopic (exact) mass is 432 g/mol. The molecule has 1 N–H and O–H groups in total. The summed E-state index contributed by atoms with van der Waals surface area (Å²) in [6.07, 6.45) is 5.48. The predicted molar refractivity (Wildman–Crippen MR) is 127 cm³/mol. The summed E-state index contributed by atoms with van der Waals surface area (Å²) in [5.74, 6) is 0.794. The van der Waals surface area contributed by atoms with Crippen LogP contribution in [0.1, 0.15) is 24.8 Å². The van der Waals surface area contributed by atoms with Gasteiger partial charge in [0, 0.05) is 18.7 Å². The summed E-state index contributed by atoms with van der Waals surface area (Å²) in [5, 5.41) is 2.66. The zero-order chi connectivity index (χ0) is 20.5. The van der Waals surface area contributed by atoms with E-state index in [2.05, 4.69) is 22.3 Å². The van der Waals surface area contributed by atoms with Crippen LogP contribution in [0.4, 0.5) is 5.82 Å². The third-order valence-electron chi connectivity index (χ3n) is 5.31. The number of hydrogen-bond donors (Lipinski definition) is 1. The van der Waals surface area contributed by atoms with Gasteiger partial charge in [0.1, 0.15) is 10.0 Å². The third-order valence-corrected chi connectivity index (χ3v) is 6.47. The number of thiocarbonyl (C=S) groups is 1. The number of rotatable bonds is 3. The van der Waals surface area contributed by atoms with Crippen LogP contribution < -0.4 is 10.2 Å². The molecule has 5 rings (SSSR count). The molecule has 30 heavy (non-hydrogen) atoms. The molecule has 5 nitrogen and oxygen atoms in total. The lowest BCUT2D eigenvalue weighted by Gasteiger charge is -2.29. The molecule has 0 atom stereocenters. The van der Waals surface area contributed by atoms with Gasteiger partial charge in [-0.1, -0.05) is 54.3 Å². The van der Waals surface area contributed by atoms with Crippen LogP contribution in [0.2, 0.25) is 0 Å². The van der Waals surface area contributed by atoms with E-state index < -0.39 is 0 Å². The highest BCUT2D eigenvalue weighted by atomic mass is 32.2. The predicted octanol–water partition coefficient (Wildman–Crippen LogP) is 4.78. The highest BCUT2D eigenvalue weighted by Crippen LogP contribution is 2.33. The van der Waals surface area contributed by atoms with E-state index in [9.17, 15) is 4.79 Å². The summed E-state index contributed by atoms with van der Waals surface area (Å²) in [5.41, 5.74) is 4.61. The van der Waals surface area contributed by atoms with Crippen LogP contribution in [0.3, 0.4) is 0 Å². The van der Waals surface area contributed by atoms with Crippen molar-refractivity contribution in [2.24, 2.45) is 0 Å². The van der Waals surface area contributed by atoms with Gasteiger partial charge in [0.2, 0.25) is 0 Å². The number of nitrogens with one attached hydrogen (secondary N) is 1. The third kappa shape index (κ3) is 3.82. The van der Waals surface area contributed by atoms with Gasteiger partial charge in [0.15, 0.2) is 5.82 Å². The maximum absolute atomic E-state index is 12.0. The van der Waals surface area contributed by atoms with E-state index in [0.717, 1.165) is 46.8 Å². The Bertz CT molecular complexity index is 1180. The Kier molecular flexibility index (Phi) is 5.23. The maximum atomic E-state index is 12.0. The van der Waals surface area contributed by atoms with Gasteiger partial charge >= 0.3 is 0 Å². The first-order valence-corrected chi connectivity index (χ1v) is 11.3. The molecular formula is C23H20N4OS2. The van der Waals surface area contributed by atoms with Crippen molar-refractivity contribution in [2.75, 3.05) is 18.0 Å². The largest absolute Gasteiger partial charge is 0.355 e. The summed E-state index contributed by atoms with van der Waals surface area (Å²) in [7, 11) is 0. The molecule has 0 unspecified atom stereocenters. The molecular weight excluding hydrogens is 412 g/mol. The van der Waals surface area contributed by atoms with Crippen molar-refractivity contribution in [3.05, 3.63) is 59.0 Å². The number of para-hydroxylation sites is 2. The normalized spacial score (nSPS) is 18.3. The highest BCUT2D eigenvalue weighted by molar-refractivity contribution is 8.26. The molecule has 2 aliphatic rings. The molecule has 1 aromatic heterocycles. The SMILES string of the molecule is O=C1NC(=S)SC1=Cc1cccc(-c2nc3ccccc3nc2N2CCCCC2)c1. The van der Waals surface area contributed by atoms with E-state index in [1.54, 1.807) is 0 Å². The van der Waals surface area contributed by atoms with Gasteiger partial charge in [0.05, 0.1) is 15.9 Å². The van der Waals surface area contributed by atoms with E-state index in [1.807, 2.05) is 42.5 Å². The van der Waals surface area contributed by atoms with E-state index in [4.69, 9.17) is 22.2 Å². The number of amides is 1. The van der Waals surface area contributed by atoms with E-state index in [1.165, 1.54) is 31.0 Å². The second-order valence-electron chi connectivity index (χ2n) is 7.41. The molecule has 7 heteroatoms. The summed E-state index contributed by atoms with van der Waals surface area (Å²) in [6, 6.07) is 16.1. The number of anilines is 1. The van der Waals surface area contributed by atoms with Crippen LogP contribution >= 0.6 is 24.0 Å². The maximum Gasteiger partial charge on any atom is 0.263 e. The van der Waals surface area contributed by atoms with Gasteiger partial charge in [-0.2, -0.15) is 0 Å². The van der Waals surface area contributed by atoms with E-state index >= 15 is 0 Å². The standard InChI is InChI=1S/C23H20N4OS2/c28-22-19(30-23(29)26-22)14-15-7-6-8-16(13-15)20-21(27-11-4-1-5-12-27)25-18-10-3-2-9-17(18)24-20/h2-3,6-10,13-14H,1,4-5,11-12H2,(H,26,28,29). The number of piperidine rings is 1. The Morgan fingerprint density at radius 2 is 1.77 bits per heavy atom. The molecule has 2 aromatic carbocycles. The fraction of sp³-hybridized carbons (Fsp3) is 0.217. The van der Waals surface area contributed by atoms with Crippen LogP contribution in [-0.2, 0) is 4.79 Å². The molecule has 0 bridgehead atoms. The molecule has 0 spiro atoms. The van der Waals surface area contributed by atoms with Crippen LogP contribution in [0.5, 0.6) is 0 Å². The molecule has 1 amide bonds. The molecule has 0 radical (unpaired) electrons. The van der Waals surface area contributed by atoms with Crippen molar-refractivity contribution in [3.8, 4) is 11.3 Å². The Morgan fingerprint density at radius 1 is 1.00 bits per heavy atom. The van der Waals surface area contributed by atoms with Crippen LogP contribution in [0.25, 0.3) is 28.4 Å². The summed E-state index contributed by atoms with van der Waals surface area (Å²) in [6.45, 7) is 2.00. The summed E-state index contributed by atoms with van der Waals surface area (Å²) in [4.78, 5) is 25.0. The van der Waals surface area contributed by atoms with Crippen molar-refractivity contribution in [3.63, 3.8) is 0 Å². The molecule has 3 aromatic rings. The minimum atomic E-state index is -0.144.